The van der Waals surface area contributed by atoms with Crippen LogP contribution in [0.15, 0.2) is 59.6 Å². The molecule has 0 aromatic heterocycles. The lowest BCUT2D eigenvalue weighted by Crippen LogP contribution is -2.22. The molecule has 0 radical (unpaired) electrons. The Kier molecular flexibility index (Phi) is 5.55. The normalized spacial score (nSPS) is 11.0. The number of rotatable bonds is 4. The molecule has 0 heterocycles. The molecule has 1 N–H and O–H groups in total. The topological polar surface area (TPSA) is 49.4 Å². The summed E-state index contributed by atoms with van der Waals surface area (Å²) in [6.45, 7) is 1.49. The van der Waals surface area contributed by atoms with Crippen LogP contribution in [-0.4, -0.2) is 18.9 Å². The summed E-state index contributed by atoms with van der Waals surface area (Å²) in [5.41, 5.74) is 2.21. The van der Waals surface area contributed by atoms with Crippen molar-refractivity contribution in [2.24, 2.45) is 0 Å². The Morgan fingerprint density at radius 2 is 1.65 bits per heavy atom. The Morgan fingerprint density at radius 3 is 2.22 bits per heavy atom. The molecule has 0 aliphatic heterocycles. The molecule has 0 atom stereocenters. The van der Waals surface area contributed by atoms with Crippen molar-refractivity contribution in [3.05, 3.63) is 65.2 Å². The van der Waals surface area contributed by atoms with E-state index in [0.29, 0.717) is 5.69 Å². The van der Waals surface area contributed by atoms with Gasteiger partial charge in [-0.05, 0) is 35.9 Å². The third-order valence-corrected chi connectivity index (χ3v) is 3.58. The van der Waals surface area contributed by atoms with E-state index in [2.05, 4.69) is 5.32 Å². The Labute approximate surface area is 140 Å². The molecule has 0 aliphatic carbocycles. The minimum Gasteiger partial charge on any atom is -0.321 e. The average molecular weight is 329 g/mol. The standard InChI is InChI=1S/C18H17ClN2O2/c1-13(22)21(2)16-10-8-15(9-11-16)20-18(23)17(19)12-14-6-4-3-5-7-14/h3-12H,1-2H3,(H,20,23). The van der Waals surface area contributed by atoms with Crippen LogP contribution in [0.5, 0.6) is 0 Å². The van der Waals surface area contributed by atoms with Gasteiger partial charge in [-0.25, -0.2) is 0 Å². The van der Waals surface area contributed by atoms with E-state index in [4.69, 9.17) is 11.6 Å². The average Bonchev–Trinajstić information content (AvgIpc) is 2.55. The van der Waals surface area contributed by atoms with Crippen molar-refractivity contribution in [1.29, 1.82) is 0 Å². The van der Waals surface area contributed by atoms with E-state index in [9.17, 15) is 9.59 Å². The lowest BCUT2D eigenvalue weighted by atomic mass is 10.2. The highest BCUT2D eigenvalue weighted by Crippen LogP contribution is 2.18. The highest BCUT2D eigenvalue weighted by Gasteiger charge is 2.09. The number of hydrogen-bond acceptors (Lipinski definition) is 2. The highest BCUT2D eigenvalue weighted by molar-refractivity contribution is 6.45. The van der Waals surface area contributed by atoms with E-state index in [0.717, 1.165) is 11.3 Å². The van der Waals surface area contributed by atoms with Crippen molar-refractivity contribution in [2.45, 2.75) is 6.92 Å². The zero-order chi connectivity index (χ0) is 16.8. The highest BCUT2D eigenvalue weighted by atomic mass is 35.5. The van der Waals surface area contributed by atoms with Crippen LogP contribution in [0, 0.1) is 0 Å². The van der Waals surface area contributed by atoms with Gasteiger partial charge in [0, 0.05) is 25.3 Å². The van der Waals surface area contributed by atoms with Crippen LogP contribution >= 0.6 is 11.6 Å². The van der Waals surface area contributed by atoms with Crippen molar-refractivity contribution in [2.75, 3.05) is 17.3 Å². The summed E-state index contributed by atoms with van der Waals surface area (Å²) < 4.78 is 0. The first-order chi connectivity index (χ1) is 11.0. The minimum absolute atomic E-state index is 0.0596. The Hall–Kier alpha value is -2.59. The zero-order valence-electron chi connectivity index (χ0n) is 12.9. The van der Waals surface area contributed by atoms with Gasteiger partial charge in [0.05, 0.1) is 0 Å². The van der Waals surface area contributed by atoms with Crippen LogP contribution in [0.4, 0.5) is 11.4 Å². The van der Waals surface area contributed by atoms with Gasteiger partial charge in [-0.2, -0.15) is 0 Å². The number of carbonyl (C=O) groups excluding carboxylic acids is 2. The van der Waals surface area contributed by atoms with Crippen molar-refractivity contribution in [3.63, 3.8) is 0 Å². The maximum Gasteiger partial charge on any atom is 0.267 e. The first kappa shape index (κ1) is 16.8. The predicted molar refractivity (Wildman–Crippen MR) is 94.4 cm³/mol. The Morgan fingerprint density at radius 1 is 1.04 bits per heavy atom. The predicted octanol–water partition coefficient (Wildman–Crippen LogP) is 3.89. The van der Waals surface area contributed by atoms with E-state index >= 15 is 0 Å². The minimum atomic E-state index is -0.386. The third-order valence-electron chi connectivity index (χ3n) is 3.29. The summed E-state index contributed by atoms with van der Waals surface area (Å²) in [5, 5.41) is 2.81. The number of amides is 2. The fourth-order valence-electron chi connectivity index (χ4n) is 1.90. The van der Waals surface area contributed by atoms with Gasteiger partial charge in [-0.3, -0.25) is 9.59 Å². The third kappa shape index (κ3) is 4.69. The van der Waals surface area contributed by atoms with Crippen LogP contribution in [0.3, 0.4) is 0 Å². The summed E-state index contributed by atoms with van der Waals surface area (Å²) in [6.07, 6.45) is 1.61. The van der Waals surface area contributed by atoms with Crippen molar-refractivity contribution < 1.29 is 9.59 Å². The summed E-state index contributed by atoms with van der Waals surface area (Å²) in [7, 11) is 1.69. The molecule has 118 valence electrons. The molecular weight excluding hydrogens is 312 g/mol. The summed E-state index contributed by atoms with van der Waals surface area (Å²) in [5.74, 6) is -0.446. The van der Waals surface area contributed by atoms with Crippen molar-refractivity contribution >= 4 is 40.9 Å². The molecule has 2 amide bonds. The molecule has 2 aromatic carbocycles. The molecule has 0 saturated heterocycles. The quantitative estimate of drug-likeness (QED) is 0.866. The number of nitrogens with zero attached hydrogens (tertiary/aromatic N) is 1. The van der Waals surface area contributed by atoms with Gasteiger partial charge >= 0.3 is 0 Å². The summed E-state index contributed by atoms with van der Waals surface area (Å²) >= 11 is 6.04. The number of halogens is 1. The van der Waals surface area contributed by atoms with Gasteiger partial charge in [-0.1, -0.05) is 41.9 Å². The maximum atomic E-state index is 12.1. The lowest BCUT2D eigenvalue weighted by Gasteiger charge is -2.15. The van der Waals surface area contributed by atoms with Crippen molar-refractivity contribution in [3.8, 4) is 0 Å². The SMILES string of the molecule is CC(=O)N(C)c1ccc(NC(=O)C(Cl)=Cc2ccccc2)cc1. The first-order valence-electron chi connectivity index (χ1n) is 7.05. The van der Waals surface area contributed by atoms with Crippen LogP contribution in [0.1, 0.15) is 12.5 Å². The molecule has 5 heteroatoms. The molecule has 0 spiro atoms. The van der Waals surface area contributed by atoms with Gasteiger partial charge in [0.2, 0.25) is 5.91 Å². The Bertz CT molecular complexity index is 724. The van der Waals surface area contributed by atoms with Crippen LogP contribution in [-0.2, 0) is 9.59 Å². The number of hydrogen-bond donors (Lipinski definition) is 1. The van der Waals surface area contributed by atoms with Crippen LogP contribution in [0.2, 0.25) is 0 Å². The largest absolute Gasteiger partial charge is 0.321 e. The monoisotopic (exact) mass is 328 g/mol. The summed E-state index contributed by atoms with van der Waals surface area (Å²) in [6, 6.07) is 16.3. The first-order valence-corrected chi connectivity index (χ1v) is 7.43. The molecule has 4 nitrogen and oxygen atoms in total. The molecule has 0 unspecified atom stereocenters. The second-order valence-electron chi connectivity index (χ2n) is 4.98. The zero-order valence-corrected chi connectivity index (χ0v) is 13.7. The molecule has 23 heavy (non-hydrogen) atoms. The van der Waals surface area contributed by atoms with Gasteiger partial charge in [0.25, 0.3) is 5.91 Å². The number of benzene rings is 2. The van der Waals surface area contributed by atoms with E-state index in [-0.39, 0.29) is 16.8 Å². The van der Waals surface area contributed by atoms with Crippen LogP contribution < -0.4 is 10.2 Å². The molecule has 0 fully saturated rings. The molecule has 2 aromatic rings. The molecular formula is C18H17ClN2O2. The van der Waals surface area contributed by atoms with Gasteiger partial charge < -0.3 is 10.2 Å². The van der Waals surface area contributed by atoms with Gasteiger partial charge in [0.15, 0.2) is 0 Å². The van der Waals surface area contributed by atoms with E-state index < -0.39 is 0 Å². The molecule has 0 bridgehead atoms. The van der Waals surface area contributed by atoms with Gasteiger partial charge in [-0.15, -0.1) is 0 Å². The molecule has 0 saturated carbocycles. The summed E-state index contributed by atoms with van der Waals surface area (Å²) in [4.78, 5) is 24.9. The smallest absolute Gasteiger partial charge is 0.267 e. The lowest BCUT2D eigenvalue weighted by molar-refractivity contribution is -0.116. The molecule has 0 aliphatic rings. The Balaban J connectivity index is 2.05. The van der Waals surface area contributed by atoms with Crippen molar-refractivity contribution in [1.82, 2.24) is 0 Å². The second kappa shape index (κ2) is 7.61. The van der Waals surface area contributed by atoms with Crippen LogP contribution in [0.25, 0.3) is 6.08 Å². The fourth-order valence-corrected chi connectivity index (χ4v) is 2.08. The fraction of sp³-hybridized carbons (Fsp3) is 0.111. The van der Waals surface area contributed by atoms with E-state index in [1.807, 2.05) is 30.3 Å². The second-order valence-corrected chi connectivity index (χ2v) is 5.39. The van der Waals surface area contributed by atoms with E-state index in [1.165, 1.54) is 11.8 Å². The molecule has 2 rings (SSSR count). The van der Waals surface area contributed by atoms with E-state index in [1.54, 1.807) is 37.4 Å². The number of nitrogens with one attached hydrogen (secondary N) is 1. The maximum absolute atomic E-state index is 12.1. The van der Waals surface area contributed by atoms with Gasteiger partial charge in [0.1, 0.15) is 5.03 Å². The number of carbonyl (C=O) groups is 2. The number of anilines is 2.